The molecule has 1 atom stereocenters. The predicted molar refractivity (Wildman–Crippen MR) is 73.3 cm³/mol. The van der Waals surface area contributed by atoms with E-state index in [-0.39, 0.29) is 0 Å². The van der Waals surface area contributed by atoms with Crippen LogP contribution in [0.1, 0.15) is 71.1 Å². The van der Waals surface area contributed by atoms with Crippen LogP contribution in [0.4, 0.5) is 0 Å². The zero-order valence-electron chi connectivity index (χ0n) is 10.9. The normalized spacial score (nSPS) is 19.8. The lowest BCUT2D eigenvalue weighted by Gasteiger charge is -2.04. The van der Waals surface area contributed by atoms with Crippen molar-refractivity contribution in [2.45, 2.75) is 77.2 Å². The molecule has 1 unspecified atom stereocenters. The van der Waals surface area contributed by atoms with E-state index in [0.29, 0.717) is 6.04 Å². The van der Waals surface area contributed by atoms with Crippen molar-refractivity contribution in [3.05, 3.63) is 12.7 Å². The van der Waals surface area contributed by atoms with Gasteiger partial charge in [0, 0.05) is 5.71 Å². The second kappa shape index (κ2) is 8.55. The van der Waals surface area contributed by atoms with Gasteiger partial charge < -0.3 is 0 Å². The third-order valence-corrected chi connectivity index (χ3v) is 3.40. The van der Waals surface area contributed by atoms with Crippen molar-refractivity contribution in [3.63, 3.8) is 0 Å². The summed E-state index contributed by atoms with van der Waals surface area (Å²) in [7, 11) is 0. The van der Waals surface area contributed by atoms with E-state index in [1.54, 1.807) is 0 Å². The van der Waals surface area contributed by atoms with E-state index < -0.39 is 0 Å². The molecule has 0 fully saturated rings. The second-order valence-electron chi connectivity index (χ2n) is 4.92. The molecule has 1 rings (SSSR count). The van der Waals surface area contributed by atoms with Crippen molar-refractivity contribution in [2.24, 2.45) is 4.99 Å². The maximum absolute atomic E-state index is 4.85. The molecule has 1 heteroatoms. The molecule has 0 saturated carbocycles. The van der Waals surface area contributed by atoms with Crippen LogP contribution in [-0.2, 0) is 0 Å². The SMILES string of the molecule is C=CCCCCC1=NC(CCCCC)CC1. The van der Waals surface area contributed by atoms with Crippen LogP contribution in [0, 0.1) is 0 Å². The van der Waals surface area contributed by atoms with Crippen LogP contribution >= 0.6 is 0 Å². The molecule has 0 saturated heterocycles. The zero-order chi connectivity index (χ0) is 11.6. The van der Waals surface area contributed by atoms with Crippen LogP contribution in [0.5, 0.6) is 0 Å². The van der Waals surface area contributed by atoms with Crippen molar-refractivity contribution in [2.75, 3.05) is 0 Å². The fourth-order valence-corrected chi connectivity index (χ4v) is 2.37. The van der Waals surface area contributed by atoms with Gasteiger partial charge in [0.15, 0.2) is 0 Å². The number of nitrogens with zero attached hydrogens (tertiary/aromatic N) is 1. The van der Waals surface area contributed by atoms with Gasteiger partial charge in [-0.3, -0.25) is 4.99 Å². The van der Waals surface area contributed by atoms with Crippen molar-refractivity contribution in [1.82, 2.24) is 0 Å². The van der Waals surface area contributed by atoms with Crippen LogP contribution in [0.3, 0.4) is 0 Å². The monoisotopic (exact) mass is 221 g/mol. The Hall–Kier alpha value is -0.590. The van der Waals surface area contributed by atoms with Gasteiger partial charge in [0.1, 0.15) is 0 Å². The molecule has 0 aromatic heterocycles. The zero-order valence-corrected chi connectivity index (χ0v) is 10.9. The van der Waals surface area contributed by atoms with E-state index in [0.717, 1.165) is 6.42 Å². The minimum Gasteiger partial charge on any atom is -0.291 e. The summed E-state index contributed by atoms with van der Waals surface area (Å²) in [5.41, 5.74) is 1.49. The molecule has 1 nitrogen and oxygen atoms in total. The molecular weight excluding hydrogens is 194 g/mol. The topological polar surface area (TPSA) is 12.4 Å². The molecule has 1 aliphatic heterocycles. The number of rotatable bonds is 9. The highest BCUT2D eigenvalue weighted by atomic mass is 14.8. The summed E-state index contributed by atoms with van der Waals surface area (Å²) in [6.45, 7) is 6.02. The second-order valence-corrected chi connectivity index (χ2v) is 4.92. The smallest absolute Gasteiger partial charge is 0.0502 e. The number of hydrogen-bond acceptors (Lipinski definition) is 1. The Morgan fingerprint density at radius 3 is 2.94 bits per heavy atom. The molecule has 0 aliphatic carbocycles. The molecule has 1 heterocycles. The van der Waals surface area contributed by atoms with E-state index >= 15 is 0 Å². The summed E-state index contributed by atoms with van der Waals surface area (Å²) in [5, 5.41) is 0. The Morgan fingerprint density at radius 1 is 1.31 bits per heavy atom. The lowest BCUT2D eigenvalue weighted by atomic mass is 10.0. The highest BCUT2D eigenvalue weighted by molar-refractivity contribution is 5.86. The van der Waals surface area contributed by atoms with Crippen LogP contribution in [0.25, 0.3) is 0 Å². The van der Waals surface area contributed by atoms with E-state index in [9.17, 15) is 0 Å². The minimum atomic E-state index is 0.668. The minimum absolute atomic E-state index is 0.668. The first kappa shape index (κ1) is 13.5. The molecule has 0 spiro atoms. The van der Waals surface area contributed by atoms with Crippen LogP contribution < -0.4 is 0 Å². The Morgan fingerprint density at radius 2 is 2.19 bits per heavy atom. The van der Waals surface area contributed by atoms with Crippen LogP contribution in [0.2, 0.25) is 0 Å². The standard InChI is InChI=1S/C15H27N/c1-3-5-7-9-11-15-13-12-14(16-15)10-8-6-4-2/h3,14H,1,4-13H2,2H3. The molecule has 1 aliphatic rings. The molecule has 0 N–H and O–H groups in total. The molecule has 0 amide bonds. The van der Waals surface area contributed by atoms with Crippen molar-refractivity contribution < 1.29 is 0 Å². The van der Waals surface area contributed by atoms with Crippen LogP contribution in [0.15, 0.2) is 17.6 Å². The quantitative estimate of drug-likeness (QED) is 0.387. The third kappa shape index (κ3) is 5.48. The highest BCUT2D eigenvalue weighted by Crippen LogP contribution is 2.21. The van der Waals surface area contributed by atoms with E-state index in [1.807, 2.05) is 6.08 Å². The molecule has 16 heavy (non-hydrogen) atoms. The fourth-order valence-electron chi connectivity index (χ4n) is 2.37. The van der Waals surface area contributed by atoms with E-state index in [2.05, 4.69) is 13.5 Å². The lowest BCUT2D eigenvalue weighted by Crippen LogP contribution is -1.98. The first-order valence-corrected chi connectivity index (χ1v) is 7.03. The molecule has 0 radical (unpaired) electrons. The van der Waals surface area contributed by atoms with Gasteiger partial charge in [-0.15, -0.1) is 6.58 Å². The van der Waals surface area contributed by atoms with Gasteiger partial charge in [0.25, 0.3) is 0 Å². The summed E-state index contributed by atoms with van der Waals surface area (Å²) in [4.78, 5) is 4.85. The molecule has 92 valence electrons. The van der Waals surface area contributed by atoms with Crippen molar-refractivity contribution in [1.29, 1.82) is 0 Å². The first-order valence-electron chi connectivity index (χ1n) is 7.03. The summed E-state index contributed by atoms with van der Waals surface area (Å²) >= 11 is 0. The van der Waals surface area contributed by atoms with Gasteiger partial charge in [0.05, 0.1) is 6.04 Å². The Kier molecular flexibility index (Phi) is 7.20. The number of aliphatic imine (C=N–C) groups is 1. The van der Waals surface area contributed by atoms with Gasteiger partial charge in [-0.2, -0.15) is 0 Å². The Bertz CT molecular complexity index is 217. The average molecular weight is 221 g/mol. The van der Waals surface area contributed by atoms with Crippen LogP contribution in [-0.4, -0.2) is 11.8 Å². The van der Waals surface area contributed by atoms with Gasteiger partial charge in [-0.25, -0.2) is 0 Å². The third-order valence-electron chi connectivity index (χ3n) is 3.40. The van der Waals surface area contributed by atoms with E-state index in [1.165, 1.54) is 63.5 Å². The van der Waals surface area contributed by atoms with E-state index in [4.69, 9.17) is 4.99 Å². The summed E-state index contributed by atoms with van der Waals surface area (Å²) < 4.78 is 0. The number of allylic oxidation sites excluding steroid dienone is 1. The first-order chi connectivity index (χ1) is 7.86. The maximum atomic E-state index is 4.85. The average Bonchev–Trinajstić information content (AvgIpc) is 2.73. The summed E-state index contributed by atoms with van der Waals surface area (Å²) in [6.07, 6.45) is 15.0. The van der Waals surface area contributed by atoms with Crippen molar-refractivity contribution >= 4 is 5.71 Å². The van der Waals surface area contributed by atoms with Crippen molar-refractivity contribution in [3.8, 4) is 0 Å². The Balaban J connectivity index is 2.09. The molecule has 0 aromatic rings. The summed E-state index contributed by atoms with van der Waals surface area (Å²) in [5.74, 6) is 0. The largest absolute Gasteiger partial charge is 0.291 e. The molecular formula is C15H27N. The Labute approximate surface area is 101 Å². The van der Waals surface area contributed by atoms with Gasteiger partial charge in [-0.05, 0) is 44.9 Å². The summed E-state index contributed by atoms with van der Waals surface area (Å²) in [6, 6.07) is 0.668. The number of hydrogen-bond donors (Lipinski definition) is 0. The molecule has 0 bridgehead atoms. The van der Waals surface area contributed by atoms with Gasteiger partial charge in [0.2, 0.25) is 0 Å². The highest BCUT2D eigenvalue weighted by Gasteiger charge is 2.16. The van der Waals surface area contributed by atoms with Gasteiger partial charge in [-0.1, -0.05) is 32.3 Å². The fraction of sp³-hybridized carbons (Fsp3) is 0.800. The lowest BCUT2D eigenvalue weighted by molar-refractivity contribution is 0.560. The molecule has 0 aromatic carbocycles. The van der Waals surface area contributed by atoms with Gasteiger partial charge >= 0.3 is 0 Å². The maximum Gasteiger partial charge on any atom is 0.0502 e. The predicted octanol–water partition coefficient (Wildman–Crippen LogP) is 4.92. The number of unbranched alkanes of at least 4 members (excludes halogenated alkanes) is 4.